The molecule has 184 valence electrons. The summed E-state index contributed by atoms with van der Waals surface area (Å²) in [7, 11) is 0.346. The summed E-state index contributed by atoms with van der Waals surface area (Å²) in [6.45, 7) is 7.44. The molecule has 0 fully saturated rings. The van der Waals surface area contributed by atoms with Crippen LogP contribution in [0.15, 0.2) is 36.4 Å². The van der Waals surface area contributed by atoms with Crippen molar-refractivity contribution in [2.24, 2.45) is 5.73 Å². The number of rotatable bonds is 10. The second-order valence-corrected chi connectivity index (χ2v) is 10.6. The molecule has 0 saturated heterocycles. The van der Waals surface area contributed by atoms with Crippen LogP contribution in [0.4, 0.5) is 0 Å². The number of aliphatic hydroxyl groups is 1. The standard InChI is InChI=1S/C24H32ClN3O5P/c1-14(2)28(15(3)4)34(30)24(29,32-6)22(13-26)33-23-18-11-16-7-8-17(25)12-20(16)27-19(18)9-10-21(23)31-5/h7-12,14-15,22,29H,13,26H2,1-6H3/q+1. The number of fused-ring (bicyclic) bond motifs is 2. The molecule has 0 aliphatic heterocycles. The van der Waals surface area contributed by atoms with Gasteiger partial charge in [-0.05, 0) is 62.6 Å². The van der Waals surface area contributed by atoms with Crippen molar-refractivity contribution in [1.82, 2.24) is 9.65 Å². The molecule has 0 amide bonds. The quantitative estimate of drug-likeness (QED) is 0.226. The van der Waals surface area contributed by atoms with Crippen molar-refractivity contribution in [2.75, 3.05) is 20.8 Å². The van der Waals surface area contributed by atoms with E-state index in [2.05, 4.69) is 4.98 Å². The number of hydrogen-bond donors (Lipinski definition) is 2. The van der Waals surface area contributed by atoms with E-state index in [0.717, 1.165) is 10.9 Å². The Hall–Kier alpha value is -2.06. The van der Waals surface area contributed by atoms with Crippen LogP contribution in [0.2, 0.25) is 5.02 Å². The molecule has 8 nitrogen and oxygen atoms in total. The van der Waals surface area contributed by atoms with E-state index in [-0.39, 0.29) is 18.6 Å². The normalized spacial score (nSPS) is 15.2. The number of ether oxygens (including phenoxy) is 3. The van der Waals surface area contributed by atoms with Crippen LogP contribution in [-0.2, 0) is 9.30 Å². The van der Waals surface area contributed by atoms with Gasteiger partial charge >= 0.3 is 13.5 Å². The third kappa shape index (κ3) is 4.98. The maximum absolute atomic E-state index is 13.6. The molecule has 0 spiro atoms. The van der Waals surface area contributed by atoms with Crippen LogP contribution in [0.5, 0.6) is 11.5 Å². The zero-order valence-corrected chi connectivity index (χ0v) is 21.9. The fourth-order valence-electron chi connectivity index (χ4n) is 4.04. The van der Waals surface area contributed by atoms with Crippen LogP contribution in [-0.4, -0.2) is 59.2 Å². The monoisotopic (exact) mass is 508 g/mol. The molecule has 3 N–H and O–H groups in total. The minimum atomic E-state index is -2.46. The molecule has 1 aromatic heterocycles. The summed E-state index contributed by atoms with van der Waals surface area (Å²) < 4.78 is 32.5. The average molecular weight is 509 g/mol. The zero-order valence-electron chi connectivity index (χ0n) is 20.3. The molecular formula is C24H32ClN3O5P+. The summed E-state index contributed by atoms with van der Waals surface area (Å²) in [5.74, 6) is 0.735. The van der Waals surface area contributed by atoms with E-state index in [1.54, 1.807) is 28.9 Å². The lowest BCUT2D eigenvalue weighted by Gasteiger charge is -2.30. The Labute approximate surface area is 205 Å². The van der Waals surface area contributed by atoms with Gasteiger partial charge in [0.15, 0.2) is 11.5 Å². The van der Waals surface area contributed by atoms with Gasteiger partial charge in [0, 0.05) is 41.5 Å². The second kappa shape index (κ2) is 10.7. The first kappa shape index (κ1) is 26.5. The Kier molecular flexibility index (Phi) is 8.34. The number of benzene rings is 2. The number of nitrogens with two attached hydrogens (primary N) is 1. The highest BCUT2D eigenvalue weighted by Crippen LogP contribution is 2.48. The van der Waals surface area contributed by atoms with Gasteiger partial charge in [0.2, 0.25) is 6.10 Å². The maximum Gasteiger partial charge on any atom is 0.506 e. The zero-order chi connectivity index (χ0) is 25.2. The Morgan fingerprint density at radius 1 is 1.12 bits per heavy atom. The van der Waals surface area contributed by atoms with Crippen molar-refractivity contribution in [3.05, 3.63) is 41.4 Å². The molecule has 0 saturated carbocycles. The number of pyridine rings is 1. The maximum atomic E-state index is 13.6. The van der Waals surface area contributed by atoms with Crippen LogP contribution in [0.1, 0.15) is 27.7 Å². The van der Waals surface area contributed by atoms with Gasteiger partial charge < -0.3 is 25.1 Å². The van der Waals surface area contributed by atoms with Crippen molar-refractivity contribution in [2.45, 2.75) is 51.4 Å². The predicted molar refractivity (Wildman–Crippen MR) is 136 cm³/mol. The fourth-order valence-corrected chi connectivity index (χ4v) is 5.94. The molecule has 10 heteroatoms. The van der Waals surface area contributed by atoms with Gasteiger partial charge in [0.25, 0.3) is 0 Å². The Bertz CT molecular complexity index is 1180. The molecule has 0 aliphatic rings. The first-order valence-electron chi connectivity index (χ1n) is 11.0. The first-order valence-corrected chi connectivity index (χ1v) is 12.6. The molecule has 2 aromatic carbocycles. The minimum Gasteiger partial charge on any atom is -0.493 e. The van der Waals surface area contributed by atoms with E-state index in [9.17, 15) is 9.67 Å². The molecule has 0 bridgehead atoms. The highest BCUT2D eigenvalue weighted by atomic mass is 35.5. The van der Waals surface area contributed by atoms with E-state index in [4.69, 9.17) is 31.5 Å². The third-order valence-corrected chi connectivity index (χ3v) is 8.22. The topological polar surface area (TPSA) is 107 Å². The van der Waals surface area contributed by atoms with E-state index < -0.39 is 19.6 Å². The Balaban J connectivity index is 2.13. The van der Waals surface area contributed by atoms with E-state index >= 15 is 0 Å². The average Bonchev–Trinajstić information content (AvgIpc) is 2.80. The molecular weight excluding hydrogens is 477 g/mol. The van der Waals surface area contributed by atoms with Crippen molar-refractivity contribution in [3.8, 4) is 11.5 Å². The molecule has 3 aromatic rings. The van der Waals surface area contributed by atoms with Crippen molar-refractivity contribution in [1.29, 1.82) is 0 Å². The summed E-state index contributed by atoms with van der Waals surface area (Å²) in [6, 6.07) is 10.6. The third-order valence-electron chi connectivity index (χ3n) is 5.63. The van der Waals surface area contributed by atoms with Gasteiger partial charge in [0.1, 0.15) is 0 Å². The predicted octanol–water partition coefficient (Wildman–Crippen LogP) is 4.91. The van der Waals surface area contributed by atoms with Crippen molar-refractivity contribution >= 4 is 41.4 Å². The van der Waals surface area contributed by atoms with Gasteiger partial charge in [-0.25, -0.2) is 4.98 Å². The summed E-state index contributed by atoms with van der Waals surface area (Å²) in [5, 5.41) is 13.6. The van der Waals surface area contributed by atoms with Crippen LogP contribution in [0.25, 0.3) is 21.8 Å². The highest BCUT2D eigenvalue weighted by Gasteiger charge is 2.61. The Morgan fingerprint density at radius 3 is 2.35 bits per heavy atom. The SMILES string of the molecule is COc1ccc2nc3cc(Cl)ccc3cc2c1OC(CN)C(O)(OC)[P+](=O)N(C(C)C)C(C)C. The van der Waals surface area contributed by atoms with E-state index in [1.807, 2.05) is 39.8 Å². The smallest absolute Gasteiger partial charge is 0.493 e. The Morgan fingerprint density at radius 2 is 1.79 bits per heavy atom. The lowest BCUT2D eigenvalue weighted by atomic mass is 10.1. The summed E-state index contributed by atoms with van der Waals surface area (Å²) in [4.78, 5) is 4.69. The molecule has 0 radical (unpaired) electrons. The summed E-state index contributed by atoms with van der Waals surface area (Å²) in [5.41, 5.74) is 5.22. The summed E-state index contributed by atoms with van der Waals surface area (Å²) >= 11 is 6.13. The van der Waals surface area contributed by atoms with Crippen LogP contribution < -0.4 is 15.2 Å². The van der Waals surface area contributed by atoms with Gasteiger partial charge in [-0.1, -0.05) is 22.3 Å². The van der Waals surface area contributed by atoms with Gasteiger partial charge in [-0.3, -0.25) is 0 Å². The number of aromatic nitrogens is 1. The number of hydrogen-bond acceptors (Lipinski definition) is 7. The number of methoxy groups -OCH3 is 2. The lowest BCUT2D eigenvalue weighted by Crippen LogP contribution is -2.52. The largest absolute Gasteiger partial charge is 0.506 e. The van der Waals surface area contributed by atoms with Crippen LogP contribution in [0, 0.1) is 0 Å². The van der Waals surface area contributed by atoms with Gasteiger partial charge in [0.05, 0.1) is 18.1 Å². The second-order valence-electron chi connectivity index (χ2n) is 8.53. The van der Waals surface area contributed by atoms with Crippen LogP contribution in [0.3, 0.4) is 0 Å². The van der Waals surface area contributed by atoms with Gasteiger partial charge in [-0.2, -0.15) is 0 Å². The van der Waals surface area contributed by atoms with E-state index in [0.29, 0.717) is 27.4 Å². The molecule has 3 rings (SSSR count). The first-order chi connectivity index (χ1) is 16.1. The minimum absolute atomic E-state index is 0.113. The highest BCUT2D eigenvalue weighted by molar-refractivity contribution is 7.43. The molecule has 1 heterocycles. The summed E-state index contributed by atoms with van der Waals surface area (Å²) in [6.07, 6.45) is -1.17. The number of nitrogens with zero attached hydrogens (tertiary/aromatic N) is 2. The van der Waals surface area contributed by atoms with E-state index in [1.165, 1.54) is 14.2 Å². The molecule has 3 unspecified atom stereocenters. The lowest BCUT2D eigenvalue weighted by molar-refractivity contribution is -0.173. The van der Waals surface area contributed by atoms with Crippen molar-refractivity contribution < 1.29 is 23.9 Å². The van der Waals surface area contributed by atoms with Gasteiger partial charge in [-0.15, -0.1) is 0 Å². The van der Waals surface area contributed by atoms with Crippen LogP contribution >= 0.6 is 19.6 Å². The molecule has 34 heavy (non-hydrogen) atoms. The molecule has 0 aliphatic carbocycles. The molecule has 3 atom stereocenters. The van der Waals surface area contributed by atoms with Crippen molar-refractivity contribution in [3.63, 3.8) is 0 Å². The fraction of sp³-hybridized carbons (Fsp3) is 0.458. The number of halogens is 1.